The van der Waals surface area contributed by atoms with Gasteiger partial charge < -0.3 is 5.11 Å². The molecule has 0 aliphatic carbocycles. The Morgan fingerprint density at radius 2 is 1.57 bits per heavy atom. The molecule has 4 heteroatoms. The number of hydrogen-bond acceptors (Lipinski definition) is 3. The summed E-state index contributed by atoms with van der Waals surface area (Å²) in [5.74, 6) is 1.02. The van der Waals surface area contributed by atoms with Crippen LogP contribution in [0.4, 0.5) is 0 Å². The zero-order valence-corrected chi connectivity index (χ0v) is 9.63. The van der Waals surface area contributed by atoms with E-state index < -0.39 is 0 Å². The van der Waals surface area contributed by atoms with E-state index in [1.807, 2.05) is 13.8 Å². The minimum atomic E-state index is -0.201. The molecule has 1 rings (SSSR count). The van der Waals surface area contributed by atoms with Crippen molar-refractivity contribution < 1.29 is 5.11 Å². The van der Waals surface area contributed by atoms with Gasteiger partial charge in [-0.3, -0.25) is 0 Å². The number of aromatic nitrogens is 2. The molecule has 1 heterocycles. The average molecular weight is 215 g/mol. The van der Waals surface area contributed by atoms with Gasteiger partial charge in [0.15, 0.2) is 5.75 Å². The topological polar surface area (TPSA) is 46.0 Å². The van der Waals surface area contributed by atoms with Crippen molar-refractivity contribution in [2.24, 2.45) is 5.92 Å². The number of nitrogens with zero attached hydrogens (tertiary/aromatic N) is 2. The Kier molecular flexibility index (Phi) is 3.32. The number of hydrogen-bond donors (Lipinski definition) is 1. The van der Waals surface area contributed by atoms with E-state index >= 15 is 0 Å². The van der Waals surface area contributed by atoms with Crippen LogP contribution in [0.15, 0.2) is 0 Å². The van der Waals surface area contributed by atoms with E-state index in [4.69, 9.17) is 11.6 Å². The molecule has 1 aromatic rings. The van der Waals surface area contributed by atoms with Gasteiger partial charge in [0.1, 0.15) is 5.82 Å². The average Bonchev–Trinajstić information content (AvgIpc) is 2.12. The summed E-state index contributed by atoms with van der Waals surface area (Å²) in [4.78, 5) is 8.32. The summed E-state index contributed by atoms with van der Waals surface area (Å²) < 4.78 is 0. The van der Waals surface area contributed by atoms with Crippen molar-refractivity contribution >= 4 is 11.6 Å². The third-order valence-corrected chi connectivity index (χ3v) is 2.78. The maximum Gasteiger partial charge on any atom is 0.158 e. The van der Waals surface area contributed by atoms with Crippen LogP contribution in [0.2, 0.25) is 0 Å². The van der Waals surface area contributed by atoms with Gasteiger partial charge in [-0.25, -0.2) is 9.97 Å². The van der Waals surface area contributed by atoms with Crippen molar-refractivity contribution in [3.63, 3.8) is 0 Å². The Balaban J connectivity index is 3.12. The van der Waals surface area contributed by atoms with E-state index in [2.05, 4.69) is 9.97 Å². The minimum absolute atomic E-state index is 0.154. The summed E-state index contributed by atoms with van der Waals surface area (Å²) in [7, 11) is 0. The molecule has 78 valence electrons. The van der Waals surface area contributed by atoms with E-state index in [1.165, 1.54) is 0 Å². The Hall–Kier alpha value is -0.830. The van der Waals surface area contributed by atoms with Crippen LogP contribution in [-0.4, -0.2) is 15.1 Å². The van der Waals surface area contributed by atoms with Gasteiger partial charge in [-0.1, -0.05) is 13.8 Å². The molecule has 1 atom stereocenters. The first-order valence-electron chi connectivity index (χ1n) is 4.61. The highest BCUT2D eigenvalue weighted by molar-refractivity contribution is 6.20. The molecular formula is C10H15ClN2O. The predicted octanol–water partition coefficient (Wildman–Crippen LogP) is 2.73. The van der Waals surface area contributed by atoms with Crippen LogP contribution in [0.25, 0.3) is 0 Å². The molecule has 0 amide bonds. The van der Waals surface area contributed by atoms with Crippen LogP contribution in [-0.2, 0) is 0 Å². The van der Waals surface area contributed by atoms with Crippen LogP contribution in [0.5, 0.6) is 5.75 Å². The smallest absolute Gasteiger partial charge is 0.158 e. The van der Waals surface area contributed by atoms with Crippen molar-refractivity contribution in [2.45, 2.75) is 33.1 Å². The predicted molar refractivity (Wildman–Crippen MR) is 56.6 cm³/mol. The van der Waals surface area contributed by atoms with E-state index in [1.54, 1.807) is 13.8 Å². The zero-order valence-electron chi connectivity index (χ0n) is 8.87. The minimum Gasteiger partial charge on any atom is -0.504 e. The number of alkyl halides is 1. The van der Waals surface area contributed by atoms with Crippen LogP contribution >= 0.6 is 11.6 Å². The normalized spacial score (nSPS) is 13.3. The van der Waals surface area contributed by atoms with E-state index in [-0.39, 0.29) is 17.0 Å². The van der Waals surface area contributed by atoms with Crippen LogP contribution in [0.3, 0.4) is 0 Å². The van der Waals surface area contributed by atoms with Gasteiger partial charge in [0.05, 0.1) is 16.8 Å². The third-order valence-electron chi connectivity index (χ3n) is 2.08. The Morgan fingerprint density at radius 3 is 1.93 bits per heavy atom. The standard InChI is InChI=1S/C10H15ClN2O/c1-5(2)8(11)10-12-6(3)9(14)7(4)13-10/h5,8,14H,1-4H3. The monoisotopic (exact) mass is 214 g/mol. The van der Waals surface area contributed by atoms with Gasteiger partial charge in [-0.05, 0) is 19.8 Å². The fourth-order valence-electron chi connectivity index (χ4n) is 1.16. The molecule has 0 aliphatic rings. The molecule has 0 spiro atoms. The SMILES string of the molecule is Cc1nc(C(Cl)C(C)C)nc(C)c1O. The number of aromatic hydroxyl groups is 1. The van der Waals surface area contributed by atoms with Crippen molar-refractivity contribution in [1.29, 1.82) is 0 Å². The zero-order chi connectivity index (χ0) is 10.9. The Bertz CT molecular complexity index is 316. The van der Waals surface area contributed by atoms with Crippen molar-refractivity contribution in [1.82, 2.24) is 9.97 Å². The summed E-state index contributed by atoms with van der Waals surface area (Å²) in [6.45, 7) is 7.52. The molecule has 0 bridgehead atoms. The van der Waals surface area contributed by atoms with E-state index in [0.29, 0.717) is 17.2 Å². The highest BCUT2D eigenvalue weighted by Gasteiger charge is 2.17. The van der Waals surface area contributed by atoms with Crippen molar-refractivity contribution in [3.8, 4) is 5.75 Å². The van der Waals surface area contributed by atoms with Gasteiger partial charge in [0.25, 0.3) is 0 Å². The Morgan fingerprint density at radius 1 is 1.14 bits per heavy atom. The highest BCUT2D eigenvalue weighted by atomic mass is 35.5. The van der Waals surface area contributed by atoms with Gasteiger partial charge in [-0.15, -0.1) is 11.6 Å². The maximum atomic E-state index is 9.48. The Labute approximate surface area is 89.2 Å². The third kappa shape index (κ3) is 2.15. The fraction of sp³-hybridized carbons (Fsp3) is 0.600. The largest absolute Gasteiger partial charge is 0.504 e. The molecular weight excluding hydrogens is 200 g/mol. The molecule has 3 nitrogen and oxygen atoms in total. The first-order valence-corrected chi connectivity index (χ1v) is 5.05. The first-order chi connectivity index (χ1) is 6.43. The fourth-order valence-corrected chi connectivity index (χ4v) is 1.26. The molecule has 0 saturated heterocycles. The molecule has 0 fully saturated rings. The molecule has 0 aromatic carbocycles. The van der Waals surface area contributed by atoms with Gasteiger partial charge in [0, 0.05) is 0 Å². The molecule has 1 aromatic heterocycles. The quantitative estimate of drug-likeness (QED) is 0.770. The molecule has 14 heavy (non-hydrogen) atoms. The summed E-state index contributed by atoms with van der Waals surface area (Å²) in [5, 5.41) is 9.28. The van der Waals surface area contributed by atoms with Gasteiger partial charge in [-0.2, -0.15) is 0 Å². The number of aryl methyl sites for hydroxylation is 2. The van der Waals surface area contributed by atoms with Crippen LogP contribution < -0.4 is 0 Å². The molecule has 0 radical (unpaired) electrons. The number of rotatable bonds is 2. The van der Waals surface area contributed by atoms with E-state index in [9.17, 15) is 5.11 Å². The highest BCUT2D eigenvalue weighted by Crippen LogP contribution is 2.28. The lowest BCUT2D eigenvalue weighted by Crippen LogP contribution is -2.07. The molecule has 1 unspecified atom stereocenters. The summed E-state index contributed by atoms with van der Waals surface area (Å²) in [6, 6.07) is 0. The van der Waals surface area contributed by atoms with Gasteiger partial charge in [0.2, 0.25) is 0 Å². The lowest BCUT2D eigenvalue weighted by molar-refractivity contribution is 0.455. The summed E-state index contributed by atoms with van der Waals surface area (Å²) in [6.07, 6.45) is 0. The summed E-state index contributed by atoms with van der Waals surface area (Å²) >= 11 is 6.13. The molecule has 0 aliphatic heterocycles. The second-order valence-electron chi connectivity index (χ2n) is 3.75. The van der Waals surface area contributed by atoms with Crippen molar-refractivity contribution in [3.05, 3.63) is 17.2 Å². The second kappa shape index (κ2) is 4.13. The molecule has 0 saturated carbocycles. The lowest BCUT2D eigenvalue weighted by Gasteiger charge is -2.13. The van der Waals surface area contributed by atoms with Crippen molar-refractivity contribution in [2.75, 3.05) is 0 Å². The second-order valence-corrected chi connectivity index (χ2v) is 4.22. The van der Waals surface area contributed by atoms with E-state index in [0.717, 1.165) is 0 Å². The number of halogens is 1. The van der Waals surface area contributed by atoms with Crippen LogP contribution in [0, 0.1) is 19.8 Å². The summed E-state index contributed by atoms with van der Waals surface area (Å²) in [5.41, 5.74) is 1.16. The maximum absolute atomic E-state index is 9.48. The lowest BCUT2D eigenvalue weighted by atomic mass is 10.1. The van der Waals surface area contributed by atoms with Crippen LogP contribution in [0.1, 0.15) is 36.4 Å². The van der Waals surface area contributed by atoms with Gasteiger partial charge >= 0.3 is 0 Å². The molecule has 1 N–H and O–H groups in total. The first kappa shape index (κ1) is 11.2.